The summed E-state index contributed by atoms with van der Waals surface area (Å²) < 4.78 is 10.8. The minimum Gasteiger partial charge on any atom is -0.495 e. The van der Waals surface area contributed by atoms with Crippen molar-refractivity contribution in [2.24, 2.45) is 0 Å². The molecule has 0 radical (unpaired) electrons. The highest BCUT2D eigenvalue weighted by Gasteiger charge is 2.26. The third-order valence-corrected chi connectivity index (χ3v) is 6.74. The summed E-state index contributed by atoms with van der Waals surface area (Å²) in [4.78, 5) is 36.3. The monoisotopic (exact) mass is 537 g/mol. The molecule has 38 heavy (non-hydrogen) atoms. The number of esters is 1. The standard InChI is InChI=1S/C28H28ClN3O6/c1-37-26-14-7-18(15-24(26)29)17-30-27(33)23-16-21(32(35)36)10-13-25(23)31-20-8-11-22(12-9-20)38-28(34)19-5-3-2-4-6-19/h2-7,10,13-16,20,22,31H,8-9,11-12,17H2,1H3,(H,30,33). The number of carbonyl (C=O) groups is 2. The molecule has 198 valence electrons. The van der Waals surface area contributed by atoms with Crippen LogP contribution >= 0.6 is 11.6 Å². The van der Waals surface area contributed by atoms with E-state index in [1.54, 1.807) is 48.5 Å². The van der Waals surface area contributed by atoms with Crippen LogP contribution in [0.15, 0.2) is 66.7 Å². The van der Waals surface area contributed by atoms with Crippen LogP contribution < -0.4 is 15.4 Å². The smallest absolute Gasteiger partial charge is 0.338 e. The molecular formula is C28H28ClN3O6. The van der Waals surface area contributed by atoms with Gasteiger partial charge in [0.15, 0.2) is 0 Å². The molecule has 3 aromatic carbocycles. The number of halogens is 1. The number of methoxy groups -OCH3 is 1. The first-order chi connectivity index (χ1) is 18.3. The Kier molecular flexibility index (Phi) is 8.81. The SMILES string of the molecule is COc1ccc(CNC(=O)c2cc([N+](=O)[O-])ccc2NC2CCC(OC(=O)c3ccccc3)CC2)cc1Cl. The quantitative estimate of drug-likeness (QED) is 0.202. The second kappa shape index (κ2) is 12.4. The van der Waals surface area contributed by atoms with Crippen molar-refractivity contribution >= 4 is 34.9 Å². The molecule has 0 atom stereocenters. The maximum Gasteiger partial charge on any atom is 0.338 e. The van der Waals surface area contributed by atoms with Gasteiger partial charge >= 0.3 is 5.97 Å². The van der Waals surface area contributed by atoms with Crippen LogP contribution in [0.1, 0.15) is 52.0 Å². The Hall–Kier alpha value is -4.11. The number of hydrogen-bond acceptors (Lipinski definition) is 7. The summed E-state index contributed by atoms with van der Waals surface area (Å²) in [7, 11) is 1.52. The number of benzene rings is 3. The van der Waals surface area contributed by atoms with Gasteiger partial charge in [0.25, 0.3) is 11.6 Å². The average Bonchev–Trinajstić information content (AvgIpc) is 2.93. The molecule has 0 saturated heterocycles. The highest BCUT2D eigenvalue weighted by atomic mass is 35.5. The van der Waals surface area contributed by atoms with Crippen molar-refractivity contribution in [3.8, 4) is 5.75 Å². The maximum absolute atomic E-state index is 13.1. The minimum absolute atomic E-state index is 0.0232. The molecule has 0 unspecified atom stereocenters. The lowest BCUT2D eigenvalue weighted by Crippen LogP contribution is -2.32. The van der Waals surface area contributed by atoms with E-state index in [1.807, 2.05) is 6.07 Å². The molecule has 1 amide bonds. The highest BCUT2D eigenvalue weighted by molar-refractivity contribution is 6.32. The number of non-ortho nitro benzene ring substituents is 1. The van der Waals surface area contributed by atoms with Crippen LogP contribution in [0.25, 0.3) is 0 Å². The Morgan fingerprint density at radius 2 is 1.76 bits per heavy atom. The van der Waals surface area contributed by atoms with E-state index in [4.69, 9.17) is 21.1 Å². The number of nitro groups is 1. The van der Waals surface area contributed by atoms with Crippen molar-refractivity contribution in [3.05, 3.63) is 98.6 Å². The van der Waals surface area contributed by atoms with E-state index >= 15 is 0 Å². The zero-order chi connectivity index (χ0) is 27.1. The van der Waals surface area contributed by atoms with E-state index in [-0.39, 0.29) is 35.9 Å². The molecule has 0 bridgehead atoms. The Morgan fingerprint density at radius 3 is 2.42 bits per heavy atom. The number of amides is 1. The Morgan fingerprint density at radius 1 is 1.03 bits per heavy atom. The first-order valence-corrected chi connectivity index (χ1v) is 12.6. The third kappa shape index (κ3) is 6.80. The summed E-state index contributed by atoms with van der Waals surface area (Å²) in [6.07, 6.45) is 2.59. The van der Waals surface area contributed by atoms with Crippen LogP contribution in [0.5, 0.6) is 5.75 Å². The maximum atomic E-state index is 13.1. The van der Waals surface area contributed by atoms with Crippen molar-refractivity contribution in [2.75, 3.05) is 12.4 Å². The Bertz CT molecular complexity index is 1310. The molecular weight excluding hydrogens is 510 g/mol. The Balaban J connectivity index is 1.39. The van der Waals surface area contributed by atoms with Gasteiger partial charge in [-0.05, 0) is 61.6 Å². The van der Waals surface area contributed by atoms with Gasteiger partial charge in [0.1, 0.15) is 11.9 Å². The van der Waals surface area contributed by atoms with Gasteiger partial charge < -0.3 is 20.1 Å². The van der Waals surface area contributed by atoms with E-state index in [0.717, 1.165) is 18.4 Å². The lowest BCUT2D eigenvalue weighted by atomic mass is 9.92. The number of nitrogens with zero attached hydrogens (tertiary/aromatic N) is 1. The van der Waals surface area contributed by atoms with Gasteiger partial charge in [-0.1, -0.05) is 35.9 Å². The topological polar surface area (TPSA) is 120 Å². The predicted octanol–water partition coefficient (Wildman–Crippen LogP) is 5.77. The normalized spacial score (nSPS) is 16.8. The second-order valence-corrected chi connectivity index (χ2v) is 9.44. The number of anilines is 1. The first-order valence-electron chi connectivity index (χ1n) is 12.3. The minimum atomic E-state index is -0.532. The summed E-state index contributed by atoms with van der Waals surface area (Å²) in [5.74, 6) is -0.264. The second-order valence-electron chi connectivity index (χ2n) is 9.03. The van der Waals surface area contributed by atoms with Crippen molar-refractivity contribution in [2.45, 2.75) is 44.4 Å². The van der Waals surface area contributed by atoms with E-state index in [9.17, 15) is 19.7 Å². The summed E-state index contributed by atoms with van der Waals surface area (Å²) >= 11 is 6.17. The number of rotatable bonds is 9. The molecule has 0 aliphatic heterocycles. The fraction of sp³-hybridized carbons (Fsp3) is 0.286. The van der Waals surface area contributed by atoms with E-state index < -0.39 is 10.8 Å². The Labute approximate surface area is 225 Å². The summed E-state index contributed by atoms with van der Waals surface area (Å²) in [6.45, 7) is 0.183. The lowest BCUT2D eigenvalue weighted by molar-refractivity contribution is -0.384. The summed E-state index contributed by atoms with van der Waals surface area (Å²) in [5.41, 5.74) is 1.78. The molecule has 1 aliphatic rings. The summed E-state index contributed by atoms with van der Waals surface area (Å²) in [6, 6.07) is 18.3. The third-order valence-electron chi connectivity index (χ3n) is 6.44. The fourth-order valence-electron chi connectivity index (χ4n) is 4.40. The molecule has 2 N–H and O–H groups in total. The number of nitro benzene ring substituents is 1. The zero-order valence-corrected chi connectivity index (χ0v) is 21.6. The van der Waals surface area contributed by atoms with Crippen LogP contribution in [0.2, 0.25) is 5.02 Å². The van der Waals surface area contributed by atoms with Gasteiger partial charge in [0, 0.05) is 30.4 Å². The van der Waals surface area contributed by atoms with Crippen molar-refractivity contribution < 1.29 is 24.0 Å². The van der Waals surface area contributed by atoms with Crippen LogP contribution in [0.4, 0.5) is 11.4 Å². The van der Waals surface area contributed by atoms with Gasteiger partial charge in [-0.2, -0.15) is 0 Å². The molecule has 1 fully saturated rings. The highest BCUT2D eigenvalue weighted by Crippen LogP contribution is 2.29. The summed E-state index contributed by atoms with van der Waals surface area (Å²) in [5, 5.41) is 18.0. The first kappa shape index (κ1) is 26.9. The van der Waals surface area contributed by atoms with Crippen LogP contribution in [-0.4, -0.2) is 36.1 Å². The molecule has 0 spiro atoms. The fourth-order valence-corrected chi connectivity index (χ4v) is 4.68. The zero-order valence-electron chi connectivity index (χ0n) is 20.8. The molecule has 0 heterocycles. The van der Waals surface area contributed by atoms with Gasteiger partial charge in [-0.15, -0.1) is 0 Å². The number of nitrogens with one attached hydrogen (secondary N) is 2. The lowest BCUT2D eigenvalue weighted by Gasteiger charge is -2.30. The van der Waals surface area contributed by atoms with Crippen molar-refractivity contribution in [3.63, 3.8) is 0 Å². The number of hydrogen-bond donors (Lipinski definition) is 2. The van der Waals surface area contributed by atoms with E-state index in [2.05, 4.69) is 10.6 Å². The molecule has 10 heteroatoms. The van der Waals surface area contributed by atoms with Crippen LogP contribution in [0, 0.1) is 10.1 Å². The molecule has 1 saturated carbocycles. The van der Waals surface area contributed by atoms with Crippen molar-refractivity contribution in [1.82, 2.24) is 5.32 Å². The van der Waals surface area contributed by atoms with Gasteiger partial charge in [-0.25, -0.2) is 4.79 Å². The average molecular weight is 538 g/mol. The predicted molar refractivity (Wildman–Crippen MR) is 144 cm³/mol. The molecule has 4 rings (SSSR count). The number of carbonyl (C=O) groups excluding carboxylic acids is 2. The molecule has 0 aromatic heterocycles. The van der Waals surface area contributed by atoms with Crippen LogP contribution in [0.3, 0.4) is 0 Å². The largest absolute Gasteiger partial charge is 0.495 e. The van der Waals surface area contributed by atoms with Gasteiger partial charge in [0.2, 0.25) is 0 Å². The van der Waals surface area contributed by atoms with Gasteiger partial charge in [0.05, 0.1) is 28.2 Å². The van der Waals surface area contributed by atoms with Crippen LogP contribution in [-0.2, 0) is 11.3 Å². The van der Waals surface area contributed by atoms with E-state index in [1.165, 1.54) is 19.2 Å². The number of ether oxygens (including phenoxy) is 2. The molecule has 9 nitrogen and oxygen atoms in total. The molecule has 1 aliphatic carbocycles. The van der Waals surface area contributed by atoms with Gasteiger partial charge in [-0.3, -0.25) is 14.9 Å². The van der Waals surface area contributed by atoms with Crippen molar-refractivity contribution in [1.29, 1.82) is 0 Å². The molecule has 3 aromatic rings. The van der Waals surface area contributed by atoms with E-state index in [0.29, 0.717) is 34.9 Å².